The Morgan fingerprint density at radius 1 is 1.36 bits per heavy atom. The first-order chi connectivity index (χ1) is 6.72. The molecule has 0 fully saturated rings. The van der Waals surface area contributed by atoms with E-state index in [0.717, 1.165) is 4.90 Å². The Kier molecular flexibility index (Phi) is 4.53. The van der Waals surface area contributed by atoms with Crippen molar-refractivity contribution in [3.8, 4) is 0 Å². The first-order valence-electron chi connectivity index (χ1n) is 4.57. The molecule has 76 valence electrons. The summed E-state index contributed by atoms with van der Waals surface area (Å²) < 4.78 is 4.83. The van der Waals surface area contributed by atoms with Crippen LogP contribution in [-0.2, 0) is 9.53 Å². The number of rotatable bonds is 4. The van der Waals surface area contributed by atoms with Crippen LogP contribution in [0.3, 0.4) is 0 Å². The summed E-state index contributed by atoms with van der Waals surface area (Å²) in [6.45, 7) is 4.31. The minimum atomic E-state index is -0.155. The minimum Gasteiger partial charge on any atom is -0.465 e. The SMILES string of the molecule is CCOC(=O)CSc1ccc(C)cc1. The van der Waals surface area contributed by atoms with Crippen molar-refractivity contribution in [3.63, 3.8) is 0 Å². The molecule has 2 nitrogen and oxygen atoms in total. The molecule has 0 radical (unpaired) electrons. The number of ether oxygens (including phenoxy) is 1. The van der Waals surface area contributed by atoms with E-state index < -0.39 is 0 Å². The Labute approximate surface area is 88.7 Å². The fraction of sp³-hybridized carbons (Fsp3) is 0.364. The maximum atomic E-state index is 11.0. The number of benzene rings is 1. The molecule has 14 heavy (non-hydrogen) atoms. The van der Waals surface area contributed by atoms with Gasteiger partial charge in [-0.15, -0.1) is 11.8 Å². The van der Waals surface area contributed by atoms with Crippen molar-refractivity contribution in [1.82, 2.24) is 0 Å². The van der Waals surface area contributed by atoms with Gasteiger partial charge in [-0.25, -0.2) is 0 Å². The van der Waals surface area contributed by atoms with Gasteiger partial charge in [0.1, 0.15) is 0 Å². The van der Waals surface area contributed by atoms with Gasteiger partial charge < -0.3 is 4.74 Å². The average molecular weight is 210 g/mol. The molecule has 1 aromatic rings. The van der Waals surface area contributed by atoms with Crippen molar-refractivity contribution in [2.24, 2.45) is 0 Å². The predicted octanol–water partition coefficient (Wildman–Crippen LogP) is 2.65. The molecule has 0 aliphatic carbocycles. The molecule has 0 saturated heterocycles. The number of thioether (sulfide) groups is 1. The highest BCUT2D eigenvalue weighted by atomic mass is 32.2. The van der Waals surface area contributed by atoms with Crippen molar-refractivity contribution in [1.29, 1.82) is 0 Å². The van der Waals surface area contributed by atoms with Gasteiger partial charge in [-0.05, 0) is 26.0 Å². The van der Waals surface area contributed by atoms with Gasteiger partial charge in [-0.2, -0.15) is 0 Å². The van der Waals surface area contributed by atoms with Crippen LogP contribution in [0.2, 0.25) is 0 Å². The normalized spacial score (nSPS) is 9.86. The van der Waals surface area contributed by atoms with Crippen LogP contribution in [0.15, 0.2) is 29.2 Å². The van der Waals surface area contributed by atoms with E-state index >= 15 is 0 Å². The molecule has 0 aromatic heterocycles. The third kappa shape index (κ3) is 3.83. The molecule has 0 N–H and O–H groups in total. The summed E-state index contributed by atoms with van der Waals surface area (Å²) in [5.74, 6) is 0.231. The summed E-state index contributed by atoms with van der Waals surface area (Å²) in [5, 5.41) is 0. The highest BCUT2D eigenvalue weighted by Gasteiger charge is 2.02. The van der Waals surface area contributed by atoms with E-state index in [2.05, 4.69) is 0 Å². The molecule has 0 bridgehead atoms. The lowest BCUT2D eigenvalue weighted by molar-refractivity contribution is -0.139. The number of hydrogen-bond acceptors (Lipinski definition) is 3. The number of esters is 1. The van der Waals surface area contributed by atoms with Crippen molar-refractivity contribution in [2.75, 3.05) is 12.4 Å². The van der Waals surface area contributed by atoms with Gasteiger partial charge in [0.15, 0.2) is 0 Å². The first-order valence-corrected chi connectivity index (χ1v) is 5.56. The largest absolute Gasteiger partial charge is 0.465 e. The van der Waals surface area contributed by atoms with Gasteiger partial charge in [0.05, 0.1) is 12.4 Å². The van der Waals surface area contributed by atoms with E-state index in [9.17, 15) is 4.79 Å². The van der Waals surface area contributed by atoms with Crippen LogP contribution in [0.1, 0.15) is 12.5 Å². The van der Waals surface area contributed by atoms with Gasteiger partial charge in [0.2, 0.25) is 0 Å². The van der Waals surface area contributed by atoms with Crippen LogP contribution in [-0.4, -0.2) is 18.3 Å². The summed E-state index contributed by atoms with van der Waals surface area (Å²) in [7, 11) is 0. The van der Waals surface area contributed by atoms with Gasteiger partial charge in [0, 0.05) is 4.90 Å². The molecule has 1 aromatic carbocycles. The van der Waals surface area contributed by atoms with Crippen LogP contribution in [0.5, 0.6) is 0 Å². The molecule has 0 heterocycles. The number of carbonyl (C=O) groups excluding carboxylic acids is 1. The van der Waals surface area contributed by atoms with Crippen LogP contribution < -0.4 is 0 Å². The lowest BCUT2D eigenvalue weighted by Gasteiger charge is -2.02. The average Bonchev–Trinajstić information content (AvgIpc) is 2.17. The first kappa shape index (κ1) is 11.1. The van der Waals surface area contributed by atoms with Gasteiger partial charge in [-0.3, -0.25) is 4.79 Å². The van der Waals surface area contributed by atoms with Crippen LogP contribution >= 0.6 is 11.8 Å². The lowest BCUT2D eigenvalue weighted by Crippen LogP contribution is -2.06. The van der Waals surface area contributed by atoms with Gasteiger partial charge in [-0.1, -0.05) is 17.7 Å². The molecule has 3 heteroatoms. The molecular formula is C11H14O2S. The van der Waals surface area contributed by atoms with Crippen molar-refractivity contribution < 1.29 is 9.53 Å². The third-order valence-corrected chi connectivity index (χ3v) is 2.67. The fourth-order valence-corrected chi connectivity index (χ4v) is 1.68. The topological polar surface area (TPSA) is 26.3 Å². The summed E-state index contributed by atoms with van der Waals surface area (Å²) in [5.41, 5.74) is 1.23. The Bertz CT molecular complexity index is 293. The summed E-state index contributed by atoms with van der Waals surface area (Å²) in [6, 6.07) is 8.10. The Morgan fingerprint density at radius 2 is 2.00 bits per heavy atom. The van der Waals surface area contributed by atoms with E-state index in [1.165, 1.54) is 17.3 Å². The smallest absolute Gasteiger partial charge is 0.316 e. The number of hydrogen-bond donors (Lipinski definition) is 0. The molecule has 0 aliphatic heterocycles. The van der Waals surface area contributed by atoms with Crippen LogP contribution in [0.4, 0.5) is 0 Å². The Morgan fingerprint density at radius 3 is 2.57 bits per heavy atom. The summed E-state index contributed by atoms with van der Waals surface area (Å²) in [4.78, 5) is 12.1. The number of aryl methyl sites for hydroxylation is 1. The maximum Gasteiger partial charge on any atom is 0.316 e. The number of carbonyl (C=O) groups is 1. The summed E-state index contributed by atoms with van der Waals surface area (Å²) >= 11 is 1.50. The van der Waals surface area contributed by atoms with Gasteiger partial charge >= 0.3 is 5.97 Å². The summed E-state index contributed by atoms with van der Waals surface area (Å²) in [6.07, 6.45) is 0. The monoisotopic (exact) mass is 210 g/mol. The zero-order valence-corrected chi connectivity index (χ0v) is 9.26. The highest BCUT2D eigenvalue weighted by Crippen LogP contribution is 2.18. The van der Waals surface area contributed by atoms with Crippen molar-refractivity contribution >= 4 is 17.7 Å². The van der Waals surface area contributed by atoms with E-state index in [0.29, 0.717) is 12.4 Å². The quantitative estimate of drug-likeness (QED) is 0.564. The van der Waals surface area contributed by atoms with Crippen LogP contribution in [0.25, 0.3) is 0 Å². The molecule has 0 aliphatic rings. The molecule has 0 spiro atoms. The standard InChI is InChI=1S/C11H14O2S/c1-3-13-11(12)8-14-10-6-4-9(2)5-7-10/h4-7H,3,8H2,1-2H3. The Balaban J connectivity index is 2.38. The maximum absolute atomic E-state index is 11.0. The van der Waals surface area contributed by atoms with E-state index in [-0.39, 0.29) is 5.97 Å². The second-order valence-electron chi connectivity index (χ2n) is 2.91. The zero-order valence-electron chi connectivity index (χ0n) is 8.45. The van der Waals surface area contributed by atoms with E-state index in [1.807, 2.05) is 38.1 Å². The van der Waals surface area contributed by atoms with Crippen molar-refractivity contribution in [2.45, 2.75) is 18.7 Å². The second-order valence-corrected chi connectivity index (χ2v) is 3.96. The fourth-order valence-electron chi connectivity index (χ4n) is 0.979. The van der Waals surface area contributed by atoms with E-state index in [4.69, 9.17) is 4.74 Å². The van der Waals surface area contributed by atoms with Crippen molar-refractivity contribution in [3.05, 3.63) is 29.8 Å². The molecule has 0 atom stereocenters. The molecule has 0 unspecified atom stereocenters. The highest BCUT2D eigenvalue weighted by molar-refractivity contribution is 8.00. The van der Waals surface area contributed by atoms with Crippen LogP contribution in [0, 0.1) is 6.92 Å². The minimum absolute atomic E-state index is 0.155. The molecule has 0 saturated carbocycles. The zero-order chi connectivity index (χ0) is 10.4. The predicted molar refractivity (Wildman–Crippen MR) is 58.5 cm³/mol. The molecule has 1 rings (SSSR count). The molecule has 0 amide bonds. The Hall–Kier alpha value is -0.960. The third-order valence-electron chi connectivity index (χ3n) is 1.68. The molecular weight excluding hydrogens is 196 g/mol. The van der Waals surface area contributed by atoms with Gasteiger partial charge in [0.25, 0.3) is 0 Å². The second kappa shape index (κ2) is 5.70. The van der Waals surface area contributed by atoms with E-state index in [1.54, 1.807) is 0 Å². The lowest BCUT2D eigenvalue weighted by atomic mass is 10.2.